The van der Waals surface area contributed by atoms with E-state index in [1.807, 2.05) is 6.07 Å². The van der Waals surface area contributed by atoms with Gasteiger partial charge in [0.1, 0.15) is 4.90 Å². The van der Waals surface area contributed by atoms with Crippen LogP contribution >= 0.6 is 0 Å². The van der Waals surface area contributed by atoms with Gasteiger partial charge in [0.05, 0.1) is 11.9 Å². The second kappa shape index (κ2) is 5.68. The van der Waals surface area contributed by atoms with Crippen LogP contribution in [0.2, 0.25) is 0 Å². The lowest BCUT2D eigenvalue weighted by Gasteiger charge is -2.19. The lowest BCUT2D eigenvalue weighted by atomic mass is 10.2. The molecule has 0 unspecified atom stereocenters. The van der Waals surface area contributed by atoms with Crippen LogP contribution in [-0.2, 0) is 23.6 Å². The molecule has 1 aromatic carbocycles. The lowest BCUT2D eigenvalue weighted by Crippen LogP contribution is -2.34. The minimum atomic E-state index is -3.48. The van der Waals surface area contributed by atoms with Gasteiger partial charge < -0.3 is 0 Å². The van der Waals surface area contributed by atoms with Gasteiger partial charge in [-0.05, 0) is 24.3 Å². The van der Waals surface area contributed by atoms with Crippen LogP contribution < -0.4 is 4.72 Å². The molecule has 0 spiro atoms. The number of benzene rings is 1. The van der Waals surface area contributed by atoms with Gasteiger partial charge in [0.2, 0.25) is 10.0 Å². The molecule has 2 aliphatic rings. The molecule has 0 radical (unpaired) electrons. The summed E-state index contributed by atoms with van der Waals surface area (Å²) in [6.45, 7) is 4.63. The molecule has 2 aromatic rings. The van der Waals surface area contributed by atoms with E-state index in [2.05, 4.69) is 39.0 Å². The molecule has 6 nitrogen and oxygen atoms in total. The molecular formula is C17H22N4O2S. The first kappa shape index (κ1) is 15.8. The average molecular weight is 346 g/mol. The number of hydrogen-bond acceptors (Lipinski definition) is 4. The van der Waals surface area contributed by atoms with Crippen molar-refractivity contribution >= 4 is 10.0 Å². The van der Waals surface area contributed by atoms with E-state index in [0.29, 0.717) is 17.5 Å². The second-order valence-electron chi connectivity index (χ2n) is 6.87. The van der Waals surface area contributed by atoms with E-state index in [9.17, 15) is 8.42 Å². The average Bonchev–Trinajstić information content (AvgIpc) is 2.88. The van der Waals surface area contributed by atoms with Crippen molar-refractivity contribution in [3.05, 3.63) is 47.8 Å². The van der Waals surface area contributed by atoms with Crippen LogP contribution in [-0.4, -0.2) is 42.2 Å². The molecule has 7 heteroatoms. The Bertz CT molecular complexity index is 835. The Labute approximate surface area is 142 Å². The zero-order chi connectivity index (χ0) is 16.9. The second-order valence-corrected chi connectivity index (χ2v) is 8.55. The molecule has 4 rings (SSSR count). The molecule has 1 N–H and O–H groups in total. The number of piperidine rings is 1. The molecule has 2 atom stereocenters. The van der Waals surface area contributed by atoms with Crippen LogP contribution in [0.5, 0.6) is 0 Å². The van der Waals surface area contributed by atoms with Gasteiger partial charge in [-0.1, -0.05) is 30.3 Å². The van der Waals surface area contributed by atoms with E-state index >= 15 is 0 Å². The smallest absolute Gasteiger partial charge is 0.244 e. The van der Waals surface area contributed by atoms with E-state index in [0.717, 1.165) is 19.6 Å². The Balaban J connectivity index is 1.36. The standard InChI is InChI=1S/C17H22N4O2S/c1-12-16(8-18-20(12)2)24(22,23)19-17-14-10-21(11-15(14)17)9-13-6-4-3-5-7-13/h3-8,14-15,17,19H,9-11H2,1-2H3/t14-,15-/m1/s1. The number of likely N-dealkylation sites (tertiary alicyclic amines) is 1. The molecule has 1 aromatic heterocycles. The maximum atomic E-state index is 12.5. The summed E-state index contributed by atoms with van der Waals surface area (Å²) < 4.78 is 29.6. The molecule has 2 fully saturated rings. The van der Waals surface area contributed by atoms with Crippen LogP contribution in [0.25, 0.3) is 0 Å². The van der Waals surface area contributed by atoms with Gasteiger partial charge in [0.25, 0.3) is 0 Å². The lowest BCUT2D eigenvalue weighted by molar-refractivity contribution is 0.287. The van der Waals surface area contributed by atoms with E-state index in [1.54, 1.807) is 18.7 Å². The van der Waals surface area contributed by atoms with Gasteiger partial charge in [0, 0.05) is 32.7 Å². The molecule has 24 heavy (non-hydrogen) atoms. The predicted octanol–water partition coefficient (Wildman–Crippen LogP) is 1.14. The first-order valence-corrected chi connectivity index (χ1v) is 9.71. The molecule has 0 bridgehead atoms. The monoisotopic (exact) mass is 346 g/mol. The summed E-state index contributed by atoms with van der Waals surface area (Å²) in [5, 5.41) is 4.03. The number of hydrogen-bond donors (Lipinski definition) is 1. The van der Waals surface area contributed by atoms with Crippen molar-refractivity contribution < 1.29 is 8.42 Å². The first-order chi connectivity index (χ1) is 11.5. The Morgan fingerprint density at radius 1 is 1.21 bits per heavy atom. The van der Waals surface area contributed by atoms with Crippen LogP contribution in [0.4, 0.5) is 0 Å². The maximum absolute atomic E-state index is 12.5. The largest absolute Gasteiger partial charge is 0.298 e. The Kier molecular flexibility index (Phi) is 3.74. The van der Waals surface area contributed by atoms with Crippen molar-refractivity contribution in [2.24, 2.45) is 18.9 Å². The van der Waals surface area contributed by atoms with Crippen molar-refractivity contribution in [3.63, 3.8) is 0 Å². The number of nitrogens with one attached hydrogen (secondary N) is 1. The molecule has 1 saturated carbocycles. The van der Waals surface area contributed by atoms with Gasteiger partial charge in [0.15, 0.2) is 0 Å². The van der Waals surface area contributed by atoms with Gasteiger partial charge in [-0.3, -0.25) is 9.58 Å². The summed E-state index contributed by atoms with van der Waals surface area (Å²) in [5.41, 5.74) is 1.97. The van der Waals surface area contributed by atoms with Gasteiger partial charge in [-0.15, -0.1) is 0 Å². The number of aryl methyl sites for hydroxylation is 1. The van der Waals surface area contributed by atoms with Crippen molar-refractivity contribution in [2.45, 2.75) is 24.4 Å². The van der Waals surface area contributed by atoms with Crippen molar-refractivity contribution in [2.75, 3.05) is 13.1 Å². The van der Waals surface area contributed by atoms with E-state index in [1.165, 1.54) is 11.8 Å². The summed E-state index contributed by atoms with van der Waals surface area (Å²) in [4.78, 5) is 2.70. The SMILES string of the molecule is Cc1c(S(=O)(=O)NC2[C@@H]3CN(Cc4ccccc4)C[C@@H]23)cnn1C. The van der Waals surface area contributed by atoms with Gasteiger partial charge in [-0.25, -0.2) is 13.1 Å². The molecule has 1 saturated heterocycles. The summed E-state index contributed by atoms with van der Waals surface area (Å²) in [6, 6.07) is 10.5. The summed E-state index contributed by atoms with van der Waals surface area (Å²) in [6.07, 6.45) is 1.43. The predicted molar refractivity (Wildman–Crippen MR) is 90.8 cm³/mol. The quantitative estimate of drug-likeness (QED) is 0.882. The third-order valence-electron chi connectivity index (χ3n) is 5.29. The molecule has 0 amide bonds. The number of rotatable bonds is 5. The Hall–Kier alpha value is -1.70. The highest BCUT2D eigenvalue weighted by molar-refractivity contribution is 7.89. The fourth-order valence-corrected chi connectivity index (χ4v) is 5.29. The third-order valence-corrected chi connectivity index (χ3v) is 6.85. The van der Waals surface area contributed by atoms with Crippen LogP contribution in [0.1, 0.15) is 11.3 Å². The van der Waals surface area contributed by atoms with E-state index in [-0.39, 0.29) is 10.9 Å². The number of sulfonamides is 1. The third kappa shape index (κ3) is 2.76. The highest BCUT2D eigenvalue weighted by Gasteiger charge is 2.57. The summed E-state index contributed by atoms with van der Waals surface area (Å²) in [7, 11) is -1.73. The number of fused-ring (bicyclic) bond motifs is 1. The molecule has 1 aliphatic heterocycles. The fourth-order valence-electron chi connectivity index (χ4n) is 3.74. The van der Waals surface area contributed by atoms with E-state index < -0.39 is 10.0 Å². The number of nitrogens with zero attached hydrogens (tertiary/aromatic N) is 3. The highest BCUT2D eigenvalue weighted by atomic mass is 32.2. The molecular weight excluding hydrogens is 324 g/mol. The maximum Gasteiger partial charge on any atom is 0.244 e. The van der Waals surface area contributed by atoms with Crippen LogP contribution in [0, 0.1) is 18.8 Å². The zero-order valence-electron chi connectivity index (χ0n) is 13.9. The van der Waals surface area contributed by atoms with Crippen LogP contribution in [0.15, 0.2) is 41.4 Å². The fraction of sp³-hybridized carbons (Fsp3) is 0.471. The Morgan fingerprint density at radius 2 is 1.88 bits per heavy atom. The molecule has 2 heterocycles. The first-order valence-electron chi connectivity index (χ1n) is 8.23. The topological polar surface area (TPSA) is 67.2 Å². The van der Waals surface area contributed by atoms with Crippen LogP contribution in [0.3, 0.4) is 0 Å². The normalized spacial score (nSPS) is 26.5. The number of aromatic nitrogens is 2. The summed E-state index contributed by atoms with van der Waals surface area (Å²) in [5.74, 6) is 0.862. The zero-order valence-corrected chi connectivity index (χ0v) is 14.7. The summed E-state index contributed by atoms with van der Waals surface area (Å²) >= 11 is 0. The molecule has 128 valence electrons. The van der Waals surface area contributed by atoms with Gasteiger partial charge >= 0.3 is 0 Å². The van der Waals surface area contributed by atoms with Gasteiger partial charge in [-0.2, -0.15) is 5.10 Å². The van der Waals surface area contributed by atoms with E-state index in [4.69, 9.17) is 0 Å². The molecule has 1 aliphatic carbocycles. The van der Waals surface area contributed by atoms with Crippen molar-refractivity contribution in [1.82, 2.24) is 19.4 Å². The Morgan fingerprint density at radius 3 is 2.46 bits per heavy atom. The minimum absolute atomic E-state index is 0.0710. The highest BCUT2D eigenvalue weighted by Crippen LogP contribution is 2.46. The minimum Gasteiger partial charge on any atom is -0.298 e. The van der Waals surface area contributed by atoms with Crippen molar-refractivity contribution in [3.8, 4) is 0 Å². The van der Waals surface area contributed by atoms with Crippen molar-refractivity contribution in [1.29, 1.82) is 0 Å².